The zero-order valence-electron chi connectivity index (χ0n) is 13.8. The second kappa shape index (κ2) is 7.43. The monoisotopic (exact) mass is 350 g/mol. The second-order valence-corrected chi connectivity index (χ2v) is 7.04. The number of benzene rings is 1. The van der Waals surface area contributed by atoms with Gasteiger partial charge in [-0.05, 0) is 37.5 Å². The van der Waals surface area contributed by atoms with Crippen LogP contribution in [0.3, 0.4) is 0 Å². The molecule has 1 aromatic rings. The molecular formula is C18H23ClN2O3. The van der Waals surface area contributed by atoms with Gasteiger partial charge in [-0.25, -0.2) is 0 Å². The fourth-order valence-corrected chi connectivity index (χ4v) is 3.57. The quantitative estimate of drug-likeness (QED) is 0.855. The van der Waals surface area contributed by atoms with Crippen molar-refractivity contribution < 1.29 is 14.3 Å². The molecule has 0 saturated heterocycles. The third-order valence-corrected chi connectivity index (χ3v) is 5.13. The fraction of sp³-hybridized carbons (Fsp3) is 0.556. The molecule has 2 N–H and O–H groups in total. The molecule has 0 aromatic heterocycles. The van der Waals surface area contributed by atoms with Crippen LogP contribution in [0.1, 0.15) is 38.5 Å². The number of nitrogens with one attached hydrogen (secondary N) is 2. The lowest BCUT2D eigenvalue weighted by atomic mass is 9.95. The number of halogens is 1. The van der Waals surface area contributed by atoms with Crippen LogP contribution in [-0.4, -0.2) is 25.0 Å². The van der Waals surface area contributed by atoms with Gasteiger partial charge in [0.05, 0.1) is 24.0 Å². The average molecular weight is 351 g/mol. The topological polar surface area (TPSA) is 67.4 Å². The maximum atomic E-state index is 12.3. The molecule has 130 valence electrons. The van der Waals surface area contributed by atoms with E-state index in [0.717, 1.165) is 12.8 Å². The Morgan fingerprint density at radius 1 is 1.12 bits per heavy atom. The third-order valence-electron chi connectivity index (χ3n) is 4.83. The predicted molar refractivity (Wildman–Crippen MR) is 93.2 cm³/mol. The molecular weight excluding hydrogens is 328 g/mol. The van der Waals surface area contributed by atoms with Crippen molar-refractivity contribution in [2.24, 2.45) is 11.8 Å². The molecule has 2 saturated carbocycles. The number of carbonyl (C=O) groups is 2. The van der Waals surface area contributed by atoms with E-state index >= 15 is 0 Å². The molecule has 24 heavy (non-hydrogen) atoms. The summed E-state index contributed by atoms with van der Waals surface area (Å²) in [5.74, 6) is 0.0239. The Labute approximate surface area is 147 Å². The molecule has 0 bridgehead atoms. The predicted octanol–water partition coefficient (Wildman–Crippen LogP) is 3.37. The maximum absolute atomic E-state index is 12.3. The lowest BCUT2D eigenvalue weighted by Gasteiger charge is -2.22. The van der Waals surface area contributed by atoms with Crippen LogP contribution in [0.4, 0.5) is 5.69 Å². The molecule has 0 radical (unpaired) electrons. The van der Waals surface area contributed by atoms with E-state index in [4.69, 9.17) is 16.3 Å². The number of rotatable bonds is 5. The van der Waals surface area contributed by atoms with E-state index in [9.17, 15) is 9.59 Å². The summed E-state index contributed by atoms with van der Waals surface area (Å²) in [5.41, 5.74) is 0.615. The molecule has 2 unspecified atom stereocenters. The highest BCUT2D eigenvalue weighted by Gasteiger charge is 2.48. The van der Waals surface area contributed by atoms with E-state index in [1.807, 2.05) is 0 Å². The van der Waals surface area contributed by atoms with Crippen molar-refractivity contribution >= 4 is 29.1 Å². The Hall–Kier alpha value is -1.75. The summed E-state index contributed by atoms with van der Waals surface area (Å²) >= 11 is 6.06. The van der Waals surface area contributed by atoms with Crippen molar-refractivity contribution in [3.63, 3.8) is 0 Å². The van der Waals surface area contributed by atoms with Crippen molar-refractivity contribution in [1.82, 2.24) is 5.32 Å². The van der Waals surface area contributed by atoms with Crippen LogP contribution in [0, 0.1) is 11.8 Å². The standard InChI is InChI=1S/C18H23ClN2O3/c1-24-16-8-7-12(9-15(16)19)21-18(23)14-10-13(14)17(22)20-11-5-3-2-4-6-11/h7-9,11,13-14H,2-6,10H2,1H3,(H,20,22)(H,21,23). The summed E-state index contributed by atoms with van der Waals surface area (Å²) < 4.78 is 5.09. The summed E-state index contributed by atoms with van der Waals surface area (Å²) in [6.07, 6.45) is 6.34. The summed E-state index contributed by atoms with van der Waals surface area (Å²) in [6.45, 7) is 0. The lowest BCUT2D eigenvalue weighted by Crippen LogP contribution is -2.37. The lowest BCUT2D eigenvalue weighted by molar-refractivity contribution is -0.126. The van der Waals surface area contributed by atoms with Gasteiger partial charge in [-0.3, -0.25) is 9.59 Å². The largest absolute Gasteiger partial charge is 0.495 e. The first-order valence-electron chi connectivity index (χ1n) is 8.53. The van der Waals surface area contributed by atoms with E-state index in [2.05, 4.69) is 10.6 Å². The Morgan fingerprint density at radius 2 is 1.83 bits per heavy atom. The maximum Gasteiger partial charge on any atom is 0.228 e. The SMILES string of the molecule is COc1ccc(NC(=O)C2CC2C(=O)NC2CCCCC2)cc1Cl. The zero-order valence-corrected chi connectivity index (χ0v) is 14.6. The smallest absolute Gasteiger partial charge is 0.228 e. The molecule has 0 aliphatic heterocycles. The molecule has 6 heteroatoms. The van der Waals surface area contributed by atoms with E-state index < -0.39 is 0 Å². The summed E-state index contributed by atoms with van der Waals surface area (Å²) in [6, 6.07) is 5.38. The number of carbonyl (C=O) groups excluding carboxylic acids is 2. The number of methoxy groups -OCH3 is 1. The minimum absolute atomic E-state index is 0.0230. The van der Waals surface area contributed by atoms with Crippen molar-refractivity contribution in [3.05, 3.63) is 23.2 Å². The van der Waals surface area contributed by atoms with Crippen LogP contribution < -0.4 is 15.4 Å². The Kier molecular flexibility index (Phi) is 5.29. The number of ether oxygens (including phenoxy) is 1. The highest BCUT2D eigenvalue weighted by molar-refractivity contribution is 6.32. The first-order valence-corrected chi connectivity index (χ1v) is 8.91. The van der Waals surface area contributed by atoms with Crippen LogP contribution in [0.15, 0.2) is 18.2 Å². The Balaban J connectivity index is 1.50. The minimum atomic E-state index is -0.241. The van der Waals surface area contributed by atoms with Gasteiger partial charge in [0.15, 0.2) is 0 Å². The minimum Gasteiger partial charge on any atom is -0.495 e. The molecule has 2 amide bonds. The van der Waals surface area contributed by atoms with Gasteiger partial charge in [-0.15, -0.1) is 0 Å². The van der Waals surface area contributed by atoms with Crippen molar-refractivity contribution in [2.45, 2.75) is 44.6 Å². The van der Waals surface area contributed by atoms with Gasteiger partial charge in [-0.1, -0.05) is 30.9 Å². The van der Waals surface area contributed by atoms with Gasteiger partial charge in [0.2, 0.25) is 11.8 Å². The molecule has 5 nitrogen and oxygen atoms in total. The van der Waals surface area contributed by atoms with Gasteiger partial charge < -0.3 is 15.4 Å². The fourth-order valence-electron chi connectivity index (χ4n) is 3.31. The van der Waals surface area contributed by atoms with Gasteiger partial charge in [-0.2, -0.15) is 0 Å². The van der Waals surface area contributed by atoms with Crippen molar-refractivity contribution in [2.75, 3.05) is 12.4 Å². The van der Waals surface area contributed by atoms with Gasteiger partial charge in [0.25, 0.3) is 0 Å². The Morgan fingerprint density at radius 3 is 2.50 bits per heavy atom. The van der Waals surface area contributed by atoms with Crippen LogP contribution in [0.25, 0.3) is 0 Å². The molecule has 2 aliphatic carbocycles. The van der Waals surface area contributed by atoms with Crippen molar-refractivity contribution in [3.8, 4) is 5.75 Å². The first kappa shape index (κ1) is 17.1. The summed E-state index contributed by atoms with van der Waals surface area (Å²) in [4.78, 5) is 24.5. The van der Waals surface area contributed by atoms with E-state index in [1.165, 1.54) is 19.3 Å². The van der Waals surface area contributed by atoms with Gasteiger partial charge in [0.1, 0.15) is 5.75 Å². The van der Waals surface area contributed by atoms with Crippen LogP contribution >= 0.6 is 11.6 Å². The van der Waals surface area contributed by atoms with E-state index in [1.54, 1.807) is 25.3 Å². The van der Waals surface area contributed by atoms with Gasteiger partial charge >= 0.3 is 0 Å². The normalized spacial score (nSPS) is 23.4. The van der Waals surface area contributed by atoms with Crippen LogP contribution in [0.2, 0.25) is 5.02 Å². The molecule has 0 heterocycles. The van der Waals surface area contributed by atoms with Crippen molar-refractivity contribution in [1.29, 1.82) is 0 Å². The second-order valence-electron chi connectivity index (χ2n) is 6.63. The number of hydrogen-bond acceptors (Lipinski definition) is 3. The first-order chi connectivity index (χ1) is 11.6. The molecule has 3 rings (SSSR count). The van der Waals surface area contributed by atoms with E-state index in [0.29, 0.717) is 22.9 Å². The molecule has 2 aliphatic rings. The zero-order chi connectivity index (χ0) is 17.1. The highest BCUT2D eigenvalue weighted by atomic mass is 35.5. The number of hydrogen-bond donors (Lipinski definition) is 2. The third kappa shape index (κ3) is 4.01. The molecule has 2 fully saturated rings. The highest BCUT2D eigenvalue weighted by Crippen LogP contribution is 2.40. The van der Waals surface area contributed by atoms with Crippen LogP contribution in [-0.2, 0) is 9.59 Å². The average Bonchev–Trinajstić information content (AvgIpc) is 3.37. The molecule has 0 spiro atoms. The van der Waals surface area contributed by atoms with Gasteiger partial charge in [0, 0.05) is 11.7 Å². The summed E-state index contributed by atoms with van der Waals surface area (Å²) in [7, 11) is 1.54. The summed E-state index contributed by atoms with van der Waals surface area (Å²) in [5, 5.41) is 6.36. The molecule has 2 atom stereocenters. The Bertz CT molecular complexity index is 629. The van der Waals surface area contributed by atoms with Crippen LogP contribution in [0.5, 0.6) is 5.75 Å². The number of anilines is 1. The van der Waals surface area contributed by atoms with E-state index in [-0.39, 0.29) is 29.7 Å². The molecule has 1 aromatic carbocycles. The number of amides is 2.